The number of halogens is 6. The van der Waals surface area contributed by atoms with Crippen molar-refractivity contribution in [2.24, 2.45) is 5.92 Å². The van der Waals surface area contributed by atoms with E-state index < -0.39 is 41.9 Å². The number of hydrogen-bond acceptors (Lipinski definition) is 4. The van der Waals surface area contributed by atoms with Crippen molar-refractivity contribution in [1.82, 2.24) is 20.1 Å². The standard InChI is InChI=1S/C30H28F6N4O2/c31-29(32,33)22-13-19(14-23(15-22)30(34,35)36)18-42-25-11-12-40(17-26-37-28(41)39-38-26)16-24(25)27(20-7-3-1-4-8-20)21-9-5-2-6-10-21/h1-10,13-15,24-25,27H,11-12,16-18H2,(H2,37,38,39,41)/t24-,25+/m0/s1. The molecule has 0 radical (unpaired) electrons. The molecule has 222 valence electrons. The van der Waals surface area contributed by atoms with Gasteiger partial charge in [-0.2, -0.15) is 31.4 Å². The number of hydrogen-bond donors (Lipinski definition) is 2. The van der Waals surface area contributed by atoms with Crippen LogP contribution in [0.25, 0.3) is 0 Å². The predicted molar refractivity (Wildman–Crippen MR) is 142 cm³/mol. The number of ether oxygens (including phenoxy) is 1. The van der Waals surface area contributed by atoms with Gasteiger partial charge in [0.1, 0.15) is 5.82 Å². The third kappa shape index (κ3) is 7.11. The van der Waals surface area contributed by atoms with Crippen molar-refractivity contribution in [2.75, 3.05) is 13.1 Å². The molecule has 0 saturated carbocycles. The Balaban J connectivity index is 1.47. The minimum absolute atomic E-state index is 0.116. The fourth-order valence-electron chi connectivity index (χ4n) is 5.61. The van der Waals surface area contributed by atoms with Crippen LogP contribution in [-0.4, -0.2) is 39.3 Å². The Morgan fingerprint density at radius 2 is 1.45 bits per heavy atom. The number of aromatic nitrogens is 3. The molecule has 42 heavy (non-hydrogen) atoms. The Labute approximate surface area is 237 Å². The summed E-state index contributed by atoms with van der Waals surface area (Å²) in [5, 5.41) is 6.35. The zero-order chi connectivity index (χ0) is 29.9. The molecule has 0 bridgehead atoms. The summed E-state index contributed by atoms with van der Waals surface area (Å²) in [6.07, 6.45) is -9.92. The summed E-state index contributed by atoms with van der Waals surface area (Å²) in [4.78, 5) is 16.3. The first-order valence-corrected chi connectivity index (χ1v) is 13.3. The van der Waals surface area contributed by atoms with Gasteiger partial charge in [-0.05, 0) is 41.3 Å². The highest BCUT2D eigenvalue weighted by molar-refractivity contribution is 5.35. The Morgan fingerprint density at radius 3 is 1.95 bits per heavy atom. The molecule has 12 heteroatoms. The van der Waals surface area contributed by atoms with Crippen LogP contribution >= 0.6 is 0 Å². The number of benzene rings is 3. The fraction of sp³-hybridized carbons (Fsp3) is 0.333. The average Bonchev–Trinajstić information content (AvgIpc) is 3.37. The first-order valence-electron chi connectivity index (χ1n) is 13.3. The molecule has 1 aliphatic heterocycles. The molecule has 3 aromatic carbocycles. The molecule has 2 atom stereocenters. The first kappa shape index (κ1) is 29.6. The lowest BCUT2D eigenvalue weighted by Gasteiger charge is -2.42. The van der Waals surface area contributed by atoms with Crippen LogP contribution in [0.5, 0.6) is 0 Å². The lowest BCUT2D eigenvalue weighted by molar-refractivity contribution is -0.143. The van der Waals surface area contributed by atoms with E-state index in [-0.39, 0.29) is 23.5 Å². The molecular formula is C30H28F6N4O2. The molecule has 5 rings (SSSR count). The third-order valence-electron chi connectivity index (χ3n) is 7.46. The van der Waals surface area contributed by atoms with Gasteiger partial charge in [-0.1, -0.05) is 60.7 Å². The highest BCUT2D eigenvalue weighted by atomic mass is 19.4. The molecule has 0 amide bonds. The second-order valence-electron chi connectivity index (χ2n) is 10.4. The van der Waals surface area contributed by atoms with Gasteiger partial charge in [0.05, 0.1) is 30.4 Å². The van der Waals surface area contributed by atoms with E-state index in [9.17, 15) is 31.1 Å². The van der Waals surface area contributed by atoms with E-state index in [4.69, 9.17) is 4.74 Å². The van der Waals surface area contributed by atoms with Crippen molar-refractivity contribution in [3.05, 3.63) is 123 Å². The van der Waals surface area contributed by atoms with E-state index in [1.807, 2.05) is 60.7 Å². The molecule has 6 nitrogen and oxygen atoms in total. The SMILES string of the molecule is O=c1[nH]nc(CN2CC[C@@H](OCc3cc(C(F)(F)F)cc(C(F)(F)F)c3)[C@@H](C(c3ccccc3)c3ccccc3)C2)[nH]1. The number of nitrogens with zero attached hydrogens (tertiary/aromatic N) is 2. The first-order chi connectivity index (χ1) is 20.0. The Bertz CT molecular complexity index is 1450. The van der Waals surface area contributed by atoms with Crippen molar-refractivity contribution in [3.63, 3.8) is 0 Å². The van der Waals surface area contributed by atoms with E-state index in [1.165, 1.54) is 0 Å². The summed E-state index contributed by atoms with van der Waals surface area (Å²) >= 11 is 0. The molecule has 0 aliphatic carbocycles. The average molecular weight is 591 g/mol. The third-order valence-corrected chi connectivity index (χ3v) is 7.46. The maximum Gasteiger partial charge on any atom is 0.416 e. The van der Waals surface area contributed by atoms with Crippen LogP contribution in [0.4, 0.5) is 26.3 Å². The number of piperidine rings is 1. The van der Waals surface area contributed by atoms with Crippen molar-refractivity contribution in [3.8, 4) is 0 Å². The van der Waals surface area contributed by atoms with Gasteiger partial charge < -0.3 is 4.74 Å². The van der Waals surface area contributed by atoms with Crippen LogP contribution in [0, 0.1) is 5.92 Å². The largest absolute Gasteiger partial charge is 0.416 e. The second kappa shape index (κ2) is 12.1. The van der Waals surface area contributed by atoms with E-state index in [0.29, 0.717) is 44.0 Å². The summed E-state index contributed by atoms with van der Waals surface area (Å²) in [7, 11) is 0. The summed E-state index contributed by atoms with van der Waals surface area (Å²) in [6, 6.07) is 20.9. The van der Waals surface area contributed by atoms with Gasteiger partial charge in [-0.15, -0.1) is 0 Å². The van der Waals surface area contributed by atoms with Gasteiger partial charge in [0.25, 0.3) is 0 Å². The van der Waals surface area contributed by atoms with E-state index in [0.717, 1.165) is 11.1 Å². The highest BCUT2D eigenvalue weighted by Gasteiger charge is 2.39. The lowest BCUT2D eigenvalue weighted by atomic mass is 9.75. The molecule has 0 spiro atoms. The van der Waals surface area contributed by atoms with Crippen molar-refractivity contribution in [1.29, 1.82) is 0 Å². The van der Waals surface area contributed by atoms with Crippen LogP contribution in [0.2, 0.25) is 0 Å². The van der Waals surface area contributed by atoms with Crippen LogP contribution in [0.3, 0.4) is 0 Å². The van der Waals surface area contributed by atoms with Crippen LogP contribution < -0.4 is 5.69 Å². The van der Waals surface area contributed by atoms with Gasteiger partial charge in [-0.25, -0.2) is 9.89 Å². The molecule has 1 fully saturated rings. The van der Waals surface area contributed by atoms with Crippen molar-refractivity contribution >= 4 is 0 Å². The zero-order valence-electron chi connectivity index (χ0n) is 22.3. The summed E-state index contributed by atoms with van der Waals surface area (Å²) in [5.41, 5.74) is -1.39. The number of rotatable bonds is 8. The maximum atomic E-state index is 13.5. The zero-order valence-corrected chi connectivity index (χ0v) is 22.3. The summed E-state index contributed by atoms with van der Waals surface area (Å²) < 4.78 is 86.9. The number of likely N-dealkylation sites (tertiary alicyclic amines) is 1. The Kier molecular flexibility index (Phi) is 8.55. The number of nitrogens with one attached hydrogen (secondary N) is 2. The normalized spacial score (nSPS) is 18.5. The Hall–Kier alpha value is -3.90. The van der Waals surface area contributed by atoms with Gasteiger partial charge >= 0.3 is 18.0 Å². The lowest BCUT2D eigenvalue weighted by Crippen LogP contribution is -2.46. The van der Waals surface area contributed by atoms with Crippen LogP contribution in [-0.2, 0) is 30.2 Å². The van der Waals surface area contributed by atoms with E-state index in [2.05, 4.69) is 20.1 Å². The Morgan fingerprint density at radius 1 is 0.881 bits per heavy atom. The molecule has 2 N–H and O–H groups in total. The van der Waals surface area contributed by atoms with Gasteiger partial charge in [0.15, 0.2) is 0 Å². The smallest absolute Gasteiger partial charge is 0.373 e. The number of H-pyrrole nitrogens is 2. The fourth-order valence-corrected chi connectivity index (χ4v) is 5.61. The van der Waals surface area contributed by atoms with Crippen molar-refractivity contribution in [2.45, 2.75) is 43.9 Å². The molecule has 1 aliphatic rings. The number of alkyl halides is 6. The van der Waals surface area contributed by atoms with Crippen LogP contribution in [0.15, 0.2) is 83.7 Å². The molecule has 2 heterocycles. The van der Waals surface area contributed by atoms with Gasteiger partial charge in [-0.3, -0.25) is 9.88 Å². The summed E-state index contributed by atoms with van der Waals surface area (Å²) in [6.45, 7) is 0.922. The summed E-state index contributed by atoms with van der Waals surface area (Å²) in [5.74, 6) is 0.0329. The predicted octanol–water partition coefficient (Wildman–Crippen LogP) is 6.38. The van der Waals surface area contributed by atoms with E-state index >= 15 is 0 Å². The van der Waals surface area contributed by atoms with Crippen molar-refractivity contribution < 1.29 is 31.1 Å². The highest BCUT2D eigenvalue weighted by Crippen LogP contribution is 2.40. The molecule has 1 saturated heterocycles. The van der Waals surface area contributed by atoms with E-state index in [1.54, 1.807) is 0 Å². The minimum atomic E-state index is -4.94. The molecule has 0 unspecified atom stereocenters. The molecular weight excluding hydrogens is 562 g/mol. The number of aromatic amines is 2. The topological polar surface area (TPSA) is 74.0 Å². The maximum absolute atomic E-state index is 13.5. The van der Waals surface area contributed by atoms with Gasteiger partial charge in [0, 0.05) is 24.9 Å². The van der Waals surface area contributed by atoms with Gasteiger partial charge in [0.2, 0.25) is 0 Å². The monoisotopic (exact) mass is 590 g/mol. The molecule has 1 aromatic heterocycles. The second-order valence-corrected chi connectivity index (χ2v) is 10.4. The quantitative estimate of drug-likeness (QED) is 0.234. The van der Waals surface area contributed by atoms with Crippen LogP contribution in [0.1, 0.15) is 46.0 Å². The molecule has 4 aromatic rings. The minimum Gasteiger partial charge on any atom is -0.373 e.